The summed E-state index contributed by atoms with van der Waals surface area (Å²) in [5, 5.41) is 9.03. The van der Waals surface area contributed by atoms with E-state index in [0.29, 0.717) is 6.10 Å². The average Bonchev–Trinajstić information content (AvgIpc) is 2.53. The van der Waals surface area contributed by atoms with Crippen LogP contribution < -0.4 is 0 Å². The number of ether oxygens (including phenoxy) is 1. The van der Waals surface area contributed by atoms with Gasteiger partial charge < -0.3 is 4.74 Å². The molecule has 0 radical (unpaired) electrons. The molecule has 0 spiro atoms. The highest BCUT2D eigenvalue weighted by molar-refractivity contribution is 9.11. The molecule has 1 aromatic heterocycles. The molecule has 5 heteroatoms. The predicted octanol–water partition coefficient (Wildman–Crippen LogP) is 2.41. The van der Waals surface area contributed by atoms with E-state index in [1.165, 1.54) is 12.8 Å². The monoisotopic (exact) mass is 262 g/mol. The third kappa shape index (κ3) is 2.72. The summed E-state index contributed by atoms with van der Waals surface area (Å²) in [6, 6.07) is 0. The molecular formula is C8H11BrN2OS. The van der Waals surface area contributed by atoms with E-state index < -0.39 is 0 Å². The van der Waals surface area contributed by atoms with Gasteiger partial charge in [-0.1, -0.05) is 11.3 Å². The summed E-state index contributed by atoms with van der Waals surface area (Å²) >= 11 is 4.90. The first-order valence-electron chi connectivity index (χ1n) is 4.44. The molecule has 1 aromatic rings. The fourth-order valence-corrected chi connectivity index (χ4v) is 2.75. The van der Waals surface area contributed by atoms with Crippen molar-refractivity contribution in [3.8, 4) is 0 Å². The van der Waals surface area contributed by atoms with Crippen molar-refractivity contribution >= 4 is 27.3 Å². The van der Waals surface area contributed by atoms with Gasteiger partial charge in [0.15, 0.2) is 3.92 Å². The van der Waals surface area contributed by atoms with Crippen molar-refractivity contribution in [1.29, 1.82) is 0 Å². The molecule has 0 amide bonds. The zero-order valence-corrected chi connectivity index (χ0v) is 9.60. The van der Waals surface area contributed by atoms with Crippen LogP contribution >= 0.6 is 27.3 Å². The molecule has 1 atom stereocenters. The maximum atomic E-state index is 5.61. The lowest BCUT2D eigenvalue weighted by Gasteiger charge is -2.21. The van der Waals surface area contributed by atoms with Crippen LogP contribution in [0.25, 0.3) is 0 Å². The number of hydrogen-bond acceptors (Lipinski definition) is 4. The van der Waals surface area contributed by atoms with Crippen molar-refractivity contribution in [2.75, 3.05) is 6.61 Å². The van der Waals surface area contributed by atoms with Gasteiger partial charge in [0.1, 0.15) is 5.01 Å². The van der Waals surface area contributed by atoms with Gasteiger partial charge in [0, 0.05) is 13.0 Å². The molecule has 1 aliphatic rings. The normalized spacial score (nSPS) is 23.3. The largest absolute Gasteiger partial charge is 0.378 e. The summed E-state index contributed by atoms with van der Waals surface area (Å²) in [4.78, 5) is 0. The van der Waals surface area contributed by atoms with Crippen LogP contribution in [0.3, 0.4) is 0 Å². The molecule has 1 aliphatic heterocycles. The molecule has 3 nitrogen and oxygen atoms in total. The van der Waals surface area contributed by atoms with Gasteiger partial charge in [-0.3, -0.25) is 0 Å². The maximum absolute atomic E-state index is 5.61. The zero-order valence-electron chi connectivity index (χ0n) is 7.20. The van der Waals surface area contributed by atoms with Crippen molar-refractivity contribution in [3.63, 3.8) is 0 Å². The smallest absolute Gasteiger partial charge is 0.183 e. The van der Waals surface area contributed by atoms with E-state index in [2.05, 4.69) is 26.1 Å². The first-order valence-corrected chi connectivity index (χ1v) is 6.05. The number of rotatable bonds is 2. The van der Waals surface area contributed by atoms with Crippen molar-refractivity contribution in [3.05, 3.63) is 8.92 Å². The zero-order chi connectivity index (χ0) is 9.10. The molecule has 72 valence electrons. The van der Waals surface area contributed by atoms with Crippen molar-refractivity contribution < 1.29 is 4.74 Å². The van der Waals surface area contributed by atoms with Crippen LogP contribution in [-0.2, 0) is 11.2 Å². The molecule has 2 rings (SSSR count). The SMILES string of the molecule is Brc1nnc(CC2CCCCO2)s1. The minimum Gasteiger partial charge on any atom is -0.378 e. The number of aromatic nitrogens is 2. The highest BCUT2D eigenvalue weighted by atomic mass is 79.9. The van der Waals surface area contributed by atoms with Gasteiger partial charge in [-0.15, -0.1) is 10.2 Å². The Hall–Kier alpha value is -0.0000000000000000555. The van der Waals surface area contributed by atoms with Gasteiger partial charge >= 0.3 is 0 Å². The quantitative estimate of drug-likeness (QED) is 0.821. The van der Waals surface area contributed by atoms with E-state index in [1.54, 1.807) is 11.3 Å². The summed E-state index contributed by atoms with van der Waals surface area (Å²) in [6.45, 7) is 0.907. The third-order valence-electron chi connectivity index (χ3n) is 2.12. The molecule has 1 fully saturated rings. The average molecular weight is 263 g/mol. The van der Waals surface area contributed by atoms with E-state index >= 15 is 0 Å². The number of hydrogen-bond donors (Lipinski definition) is 0. The van der Waals surface area contributed by atoms with Gasteiger partial charge in [-0.25, -0.2) is 0 Å². The van der Waals surface area contributed by atoms with Crippen molar-refractivity contribution in [2.45, 2.75) is 31.8 Å². The maximum Gasteiger partial charge on any atom is 0.183 e. The van der Waals surface area contributed by atoms with Gasteiger partial charge in [0.2, 0.25) is 0 Å². The predicted molar refractivity (Wildman–Crippen MR) is 54.9 cm³/mol. The molecule has 13 heavy (non-hydrogen) atoms. The van der Waals surface area contributed by atoms with E-state index in [4.69, 9.17) is 4.74 Å². The van der Waals surface area contributed by atoms with Crippen molar-refractivity contribution in [2.24, 2.45) is 0 Å². The van der Waals surface area contributed by atoms with Crippen LogP contribution in [0.15, 0.2) is 3.92 Å². The lowest BCUT2D eigenvalue weighted by Crippen LogP contribution is -2.21. The Morgan fingerprint density at radius 2 is 2.38 bits per heavy atom. The van der Waals surface area contributed by atoms with Gasteiger partial charge in [-0.2, -0.15) is 0 Å². The van der Waals surface area contributed by atoms with Gasteiger partial charge in [-0.05, 0) is 35.2 Å². The van der Waals surface area contributed by atoms with Crippen LogP contribution in [0.2, 0.25) is 0 Å². The summed E-state index contributed by atoms with van der Waals surface area (Å²) in [6.07, 6.45) is 4.94. The second-order valence-corrected chi connectivity index (χ2v) is 5.48. The fraction of sp³-hybridized carbons (Fsp3) is 0.750. The Balaban J connectivity index is 1.89. The van der Waals surface area contributed by atoms with Crippen LogP contribution in [0.1, 0.15) is 24.3 Å². The first kappa shape index (κ1) is 9.55. The number of halogens is 1. The minimum absolute atomic E-state index is 0.369. The van der Waals surface area contributed by atoms with E-state index in [0.717, 1.165) is 28.4 Å². The highest BCUT2D eigenvalue weighted by Crippen LogP contribution is 2.21. The van der Waals surface area contributed by atoms with E-state index in [-0.39, 0.29) is 0 Å². The Kier molecular flexibility index (Phi) is 3.29. The van der Waals surface area contributed by atoms with Crippen LogP contribution in [0, 0.1) is 0 Å². The standard InChI is InChI=1S/C8H11BrN2OS/c9-8-11-10-7(13-8)5-6-3-1-2-4-12-6/h6H,1-5H2. The van der Waals surface area contributed by atoms with Crippen LogP contribution in [0.4, 0.5) is 0 Å². The molecule has 0 saturated carbocycles. The van der Waals surface area contributed by atoms with E-state index in [9.17, 15) is 0 Å². The molecule has 1 saturated heterocycles. The first-order chi connectivity index (χ1) is 6.34. The lowest BCUT2D eigenvalue weighted by molar-refractivity contribution is 0.0167. The molecule has 1 unspecified atom stereocenters. The van der Waals surface area contributed by atoms with Gasteiger partial charge in [0.05, 0.1) is 6.10 Å². The Bertz CT molecular complexity index is 273. The Labute approximate surface area is 89.6 Å². The summed E-state index contributed by atoms with van der Waals surface area (Å²) in [5.74, 6) is 0. The summed E-state index contributed by atoms with van der Waals surface area (Å²) in [7, 11) is 0. The Morgan fingerprint density at radius 1 is 1.46 bits per heavy atom. The Morgan fingerprint density at radius 3 is 3.00 bits per heavy atom. The third-order valence-corrected chi connectivity index (χ3v) is 3.50. The molecular weight excluding hydrogens is 252 g/mol. The topological polar surface area (TPSA) is 35.0 Å². The minimum atomic E-state index is 0.369. The number of nitrogens with zero attached hydrogens (tertiary/aromatic N) is 2. The summed E-state index contributed by atoms with van der Waals surface area (Å²) in [5.41, 5.74) is 0. The van der Waals surface area contributed by atoms with E-state index in [1.807, 2.05) is 0 Å². The molecule has 0 bridgehead atoms. The van der Waals surface area contributed by atoms with Crippen molar-refractivity contribution in [1.82, 2.24) is 10.2 Å². The highest BCUT2D eigenvalue weighted by Gasteiger charge is 2.16. The molecule has 2 heterocycles. The second-order valence-electron chi connectivity index (χ2n) is 3.14. The summed E-state index contributed by atoms with van der Waals surface area (Å²) < 4.78 is 6.47. The van der Waals surface area contributed by atoms with Gasteiger partial charge in [0.25, 0.3) is 0 Å². The molecule has 0 N–H and O–H groups in total. The fourth-order valence-electron chi connectivity index (χ4n) is 1.48. The molecule has 0 aromatic carbocycles. The lowest BCUT2D eigenvalue weighted by atomic mass is 10.1. The van der Waals surface area contributed by atoms with Crippen LogP contribution in [-0.4, -0.2) is 22.9 Å². The second kappa shape index (κ2) is 4.48. The van der Waals surface area contributed by atoms with Crippen LogP contribution in [0.5, 0.6) is 0 Å². The molecule has 0 aliphatic carbocycles.